The van der Waals surface area contributed by atoms with Crippen LogP contribution in [-0.2, 0) is 6.18 Å². The molecule has 4 N–H and O–H groups in total. The maximum absolute atomic E-state index is 13.6. The van der Waals surface area contributed by atoms with Crippen molar-refractivity contribution >= 4 is 50.9 Å². The number of fused-ring (bicyclic) bond motifs is 2. The molecule has 6 rings (SSSR count). The summed E-state index contributed by atoms with van der Waals surface area (Å²) >= 11 is 0. The number of aromatic amines is 2. The second-order valence-corrected chi connectivity index (χ2v) is 9.56. The molecule has 3 aromatic carbocycles. The molecule has 0 bridgehead atoms. The summed E-state index contributed by atoms with van der Waals surface area (Å²) in [6.07, 6.45) is -2.81. The third kappa shape index (κ3) is 4.98. The van der Waals surface area contributed by atoms with Crippen LogP contribution in [0.25, 0.3) is 21.9 Å². The molecule has 0 spiro atoms. The van der Waals surface area contributed by atoms with E-state index in [1.807, 2.05) is 25.2 Å². The standard InChI is InChI=1S/C27H25F3N8O/c1-37-8-10-38(11-9-37)24-14-23-22(34-26(35-23)33-20-5-3-2-4-19(20)27(28,29)30)13-18(24)25(39)32-17-7-6-16-15-31-36-21(16)12-17/h2-7,12-15H,8-11H2,1H3,(H,31,36)(H,32,39)(H2,33,34,35). The van der Waals surface area contributed by atoms with E-state index in [1.54, 1.807) is 18.3 Å². The Kier molecular flexibility index (Phi) is 6.10. The number of carbonyl (C=O) groups excluding carboxylic acids is 1. The van der Waals surface area contributed by atoms with Gasteiger partial charge in [-0.25, -0.2) is 4.98 Å². The molecule has 0 aliphatic carbocycles. The monoisotopic (exact) mass is 534 g/mol. The van der Waals surface area contributed by atoms with Crippen LogP contribution in [-0.4, -0.2) is 64.2 Å². The van der Waals surface area contributed by atoms with Crippen LogP contribution in [0.15, 0.2) is 60.8 Å². The maximum atomic E-state index is 13.6. The van der Waals surface area contributed by atoms with Crippen molar-refractivity contribution in [3.8, 4) is 0 Å². The molecule has 1 saturated heterocycles. The number of para-hydroxylation sites is 1. The largest absolute Gasteiger partial charge is 0.418 e. The summed E-state index contributed by atoms with van der Waals surface area (Å²) in [6, 6.07) is 14.2. The van der Waals surface area contributed by atoms with E-state index in [2.05, 4.69) is 40.6 Å². The molecule has 1 aliphatic heterocycles. The Labute approximate surface area is 221 Å². The Morgan fingerprint density at radius 1 is 1.00 bits per heavy atom. The molecule has 39 heavy (non-hydrogen) atoms. The summed E-state index contributed by atoms with van der Waals surface area (Å²) in [4.78, 5) is 25.4. The molecule has 0 atom stereocenters. The predicted octanol–water partition coefficient (Wildman–Crippen LogP) is 5.21. The Bertz CT molecular complexity index is 1670. The molecule has 5 aromatic rings. The number of anilines is 4. The van der Waals surface area contributed by atoms with Crippen molar-refractivity contribution in [3.63, 3.8) is 0 Å². The molecule has 1 fully saturated rings. The van der Waals surface area contributed by atoms with E-state index in [0.717, 1.165) is 43.1 Å². The summed E-state index contributed by atoms with van der Waals surface area (Å²) in [5.41, 5.74) is 2.70. The first-order valence-corrected chi connectivity index (χ1v) is 12.4. The highest BCUT2D eigenvalue weighted by molar-refractivity contribution is 6.11. The number of amides is 1. The lowest BCUT2D eigenvalue weighted by molar-refractivity contribution is -0.136. The van der Waals surface area contributed by atoms with E-state index in [4.69, 9.17) is 0 Å². The summed E-state index contributed by atoms with van der Waals surface area (Å²) in [5, 5.41) is 13.6. The molecule has 1 amide bonds. The van der Waals surface area contributed by atoms with Crippen LogP contribution < -0.4 is 15.5 Å². The highest BCUT2D eigenvalue weighted by atomic mass is 19.4. The zero-order chi connectivity index (χ0) is 27.1. The lowest BCUT2D eigenvalue weighted by atomic mass is 10.1. The maximum Gasteiger partial charge on any atom is 0.418 e. The van der Waals surface area contributed by atoms with Gasteiger partial charge in [-0.1, -0.05) is 12.1 Å². The topological polar surface area (TPSA) is 105 Å². The molecule has 2 aromatic heterocycles. The van der Waals surface area contributed by atoms with Gasteiger partial charge in [-0.15, -0.1) is 0 Å². The van der Waals surface area contributed by atoms with E-state index in [1.165, 1.54) is 18.2 Å². The van der Waals surface area contributed by atoms with Crippen molar-refractivity contribution in [2.75, 3.05) is 48.8 Å². The van der Waals surface area contributed by atoms with E-state index in [-0.39, 0.29) is 17.5 Å². The third-order valence-corrected chi connectivity index (χ3v) is 6.87. The minimum atomic E-state index is -4.52. The first-order chi connectivity index (χ1) is 18.7. The van der Waals surface area contributed by atoms with Crippen LogP contribution in [0.2, 0.25) is 0 Å². The van der Waals surface area contributed by atoms with Crippen LogP contribution in [0.3, 0.4) is 0 Å². The van der Waals surface area contributed by atoms with Gasteiger partial charge in [0, 0.05) is 37.3 Å². The molecular weight excluding hydrogens is 509 g/mol. The number of aromatic nitrogens is 4. The zero-order valence-electron chi connectivity index (χ0n) is 20.9. The Hall–Kier alpha value is -4.58. The van der Waals surface area contributed by atoms with Crippen LogP contribution in [0.4, 0.5) is 36.2 Å². The number of hydrogen-bond donors (Lipinski definition) is 4. The van der Waals surface area contributed by atoms with Crippen molar-refractivity contribution in [1.82, 2.24) is 25.1 Å². The smallest absolute Gasteiger partial charge is 0.368 e. The number of piperazine rings is 1. The minimum absolute atomic E-state index is 0.115. The van der Waals surface area contributed by atoms with Gasteiger partial charge in [0.2, 0.25) is 5.95 Å². The van der Waals surface area contributed by atoms with Gasteiger partial charge in [-0.2, -0.15) is 18.3 Å². The summed E-state index contributed by atoms with van der Waals surface area (Å²) in [7, 11) is 2.05. The molecule has 200 valence electrons. The number of nitrogens with one attached hydrogen (secondary N) is 4. The molecule has 0 unspecified atom stereocenters. The van der Waals surface area contributed by atoms with E-state index in [0.29, 0.717) is 28.0 Å². The van der Waals surface area contributed by atoms with Crippen LogP contribution in [0, 0.1) is 0 Å². The Balaban J connectivity index is 1.36. The zero-order valence-corrected chi connectivity index (χ0v) is 20.9. The van der Waals surface area contributed by atoms with Crippen molar-refractivity contribution in [2.45, 2.75) is 6.18 Å². The van der Waals surface area contributed by atoms with E-state index < -0.39 is 11.7 Å². The second kappa shape index (κ2) is 9.62. The minimum Gasteiger partial charge on any atom is -0.368 e. The van der Waals surface area contributed by atoms with Crippen LogP contribution in [0.5, 0.6) is 0 Å². The van der Waals surface area contributed by atoms with Gasteiger partial charge in [0.15, 0.2) is 0 Å². The quantitative estimate of drug-likeness (QED) is 0.247. The Morgan fingerprint density at radius 2 is 1.79 bits per heavy atom. The van der Waals surface area contributed by atoms with Crippen LogP contribution >= 0.6 is 0 Å². The Morgan fingerprint density at radius 3 is 2.59 bits per heavy atom. The number of imidazole rings is 1. The highest BCUT2D eigenvalue weighted by Crippen LogP contribution is 2.36. The average molecular weight is 535 g/mol. The molecule has 1 aliphatic rings. The van der Waals surface area contributed by atoms with Gasteiger partial charge in [0.05, 0.1) is 45.2 Å². The van der Waals surface area contributed by atoms with Gasteiger partial charge >= 0.3 is 6.18 Å². The number of H-pyrrole nitrogens is 2. The van der Waals surface area contributed by atoms with Gasteiger partial charge in [-0.05, 0) is 49.5 Å². The van der Waals surface area contributed by atoms with Crippen molar-refractivity contribution in [2.24, 2.45) is 0 Å². The average Bonchev–Trinajstić information content (AvgIpc) is 3.53. The fourth-order valence-corrected chi connectivity index (χ4v) is 4.78. The predicted molar refractivity (Wildman–Crippen MR) is 145 cm³/mol. The summed E-state index contributed by atoms with van der Waals surface area (Å²) < 4.78 is 40.5. The summed E-state index contributed by atoms with van der Waals surface area (Å²) in [6.45, 7) is 3.10. The lowest BCUT2D eigenvalue weighted by Gasteiger charge is -2.35. The number of carbonyl (C=O) groups is 1. The SMILES string of the molecule is CN1CCN(c2cc3nc(Nc4ccccc4C(F)(F)F)[nH]c3cc2C(=O)Nc2ccc3cn[nH]c3c2)CC1. The fraction of sp³-hybridized carbons (Fsp3) is 0.222. The van der Waals surface area contributed by atoms with Gasteiger partial charge in [-0.3, -0.25) is 9.89 Å². The number of halogens is 3. The third-order valence-electron chi connectivity index (χ3n) is 6.87. The second-order valence-electron chi connectivity index (χ2n) is 9.56. The number of benzene rings is 3. The van der Waals surface area contributed by atoms with Crippen molar-refractivity contribution in [3.05, 3.63) is 71.9 Å². The molecule has 0 saturated carbocycles. The van der Waals surface area contributed by atoms with E-state index >= 15 is 0 Å². The molecule has 3 heterocycles. The molecular formula is C27H25F3N8O. The number of hydrogen-bond acceptors (Lipinski definition) is 6. The van der Waals surface area contributed by atoms with Crippen molar-refractivity contribution < 1.29 is 18.0 Å². The summed E-state index contributed by atoms with van der Waals surface area (Å²) in [5.74, 6) is -0.162. The number of likely N-dealkylation sites (N-methyl/N-ethyl adjacent to an activating group) is 1. The first-order valence-electron chi connectivity index (χ1n) is 12.4. The highest BCUT2D eigenvalue weighted by Gasteiger charge is 2.33. The van der Waals surface area contributed by atoms with Gasteiger partial charge in [0.25, 0.3) is 5.91 Å². The number of rotatable bonds is 5. The normalized spacial score (nSPS) is 14.7. The van der Waals surface area contributed by atoms with Crippen LogP contribution in [0.1, 0.15) is 15.9 Å². The number of nitrogens with zero attached hydrogens (tertiary/aromatic N) is 4. The first kappa shape index (κ1) is 24.7. The molecule has 0 radical (unpaired) electrons. The van der Waals surface area contributed by atoms with Gasteiger partial charge < -0.3 is 25.4 Å². The van der Waals surface area contributed by atoms with Crippen molar-refractivity contribution in [1.29, 1.82) is 0 Å². The van der Waals surface area contributed by atoms with Gasteiger partial charge in [0.1, 0.15) is 0 Å². The molecule has 12 heteroatoms. The molecule has 9 nitrogen and oxygen atoms in total. The van der Waals surface area contributed by atoms with E-state index in [9.17, 15) is 18.0 Å². The fourth-order valence-electron chi connectivity index (χ4n) is 4.78. The lowest BCUT2D eigenvalue weighted by Crippen LogP contribution is -2.45. The number of alkyl halides is 3.